The molecular formula is C7H16O6. The molecule has 0 aromatic carbocycles. The lowest BCUT2D eigenvalue weighted by Gasteiger charge is -2.05. The fourth-order valence-corrected chi connectivity index (χ4v) is 0.416. The van der Waals surface area contributed by atoms with E-state index in [9.17, 15) is 0 Å². The molecule has 0 heterocycles. The lowest BCUT2D eigenvalue weighted by molar-refractivity contribution is 0.00653. The van der Waals surface area contributed by atoms with Gasteiger partial charge in [-0.25, -0.2) is 4.79 Å². The Labute approximate surface area is 76.4 Å². The number of hydrogen-bond donors (Lipinski definition) is 4. The van der Waals surface area contributed by atoms with Crippen LogP contribution in [0.5, 0.6) is 0 Å². The molecule has 0 saturated heterocycles. The zero-order valence-electron chi connectivity index (χ0n) is 7.51. The first-order valence-corrected chi connectivity index (χ1v) is 3.83. The van der Waals surface area contributed by atoms with Gasteiger partial charge in [0.1, 0.15) is 6.10 Å². The van der Waals surface area contributed by atoms with Gasteiger partial charge in [0.15, 0.2) is 0 Å². The zero-order chi connectivity index (χ0) is 10.7. The molecule has 0 saturated carbocycles. The molecule has 0 aliphatic heterocycles. The molecule has 1 unspecified atom stereocenters. The van der Waals surface area contributed by atoms with E-state index < -0.39 is 12.3 Å². The Balaban J connectivity index is 0. The molecule has 0 aromatic heterocycles. The minimum Gasteiger partial charge on any atom is -0.450 e. The molecule has 6 heteroatoms. The Morgan fingerprint density at radius 3 is 2.23 bits per heavy atom. The van der Waals surface area contributed by atoms with Crippen LogP contribution in [0.2, 0.25) is 0 Å². The van der Waals surface area contributed by atoms with Crippen molar-refractivity contribution in [2.24, 2.45) is 0 Å². The minimum atomic E-state index is -1.83. The Kier molecular flexibility index (Phi) is 12.6. The first-order valence-electron chi connectivity index (χ1n) is 3.83. The summed E-state index contributed by atoms with van der Waals surface area (Å²) in [6.07, 6.45) is -1.60. The van der Waals surface area contributed by atoms with Gasteiger partial charge in [0.05, 0.1) is 13.2 Å². The van der Waals surface area contributed by atoms with E-state index in [1.54, 1.807) is 0 Å². The largest absolute Gasteiger partial charge is 0.503 e. The average molecular weight is 196 g/mol. The Morgan fingerprint density at radius 1 is 1.46 bits per heavy atom. The normalized spacial score (nSPS) is 11.3. The van der Waals surface area contributed by atoms with Crippen molar-refractivity contribution in [3.63, 3.8) is 0 Å². The molecule has 0 aliphatic carbocycles. The third-order valence-corrected chi connectivity index (χ3v) is 0.869. The molecule has 6 nitrogen and oxygen atoms in total. The van der Waals surface area contributed by atoms with E-state index in [4.69, 9.17) is 30.0 Å². The number of aliphatic hydroxyl groups is 2. The SMILES string of the molecule is CCCOCC(O)CO.O=C(O)O. The van der Waals surface area contributed by atoms with E-state index in [1.165, 1.54) is 0 Å². The molecule has 0 radical (unpaired) electrons. The zero-order valence-corrected chi connectivity index (χ0v) is 7.51. The molecule has 0 spiro atoms. The van der Waals surface area contributed by atoms with E-state index >= 15 is 0 Å². The first kappa shape index (κ1) is 14.7. The van der Waals surface area contributed by atoms with Gasteiger partial charge in [0, 0.05) is 6.61 Å². The highest BCUT2D eigenvalue weighted by Crippen LogP contribution is 1.84. The number of ether oxygens (including phenoxy) is 1. The summed E-state index contributed by atoms with van der Waals surface area (Å²) in [5.41, 5.74) is 0. The summed E-state index contributed by atoms with van der Waals surface area (Å²) in [6.45, 7) is 2.66. The number of carboxylic acid groups (broad SMARTS) is 2. The van der Waals surface area contributed by atoms with Gasteiger partial charge >= 0.3 is 6.16 Å². The topological polar surface area (TPSA) is 107 Å². The maximum atomic E-state index is 8.71. The summed E-state index contributed by atoms with van der Waals surface area (Å²) in [6, 6.07) is 0. The van der Waals surface area contributed by atoms with Gasteiger partial charge in [-0.1, -0.05) is 6.92 Å². The average Bonchev–Trinajstić information content (AvgIpc) is 2.03. The smallest absolute Gasteiger partial charge is 0.450 e. The second kappa shape index (κ2) is 11.2. The van der Waals surface area contributed by atoms with E-state index in [1.807, 2.05) is 6.92 Å². The van der Waals surface area contributed by atoms with Crippen LogP contribution >= 0.6 is 0 Å². The predicted molar refractivity (Wildman–Crippen MR) is 44.9 cm³/mol. The maximum absolute atomic E-state index is 8.71. The van der Waals surface area contributed by atoms with Gasteiger partial charge in [-0.05, 0) is 6.42 Å². The third-order valence-electron chi connectivity index (χ3n) is 0.869. The number of hydrogen-bond acceptors (Lipinski definition) is 4. The van der Waals surface area contributed by atoms with Crippen molar-refractivity contribution >= 4 is 6.16 Å². The molecule has 0 fully saturated rings. The quantitative estimate of drug-likeness (QED) is 0.460. The Hall–Kier alpha value is -0.850. The molecule has 1 atom stereocenters. The van der Waals surface area contributed by atoms with E-state index in [0.717, 1.165) is 6.42 Å². The standard InChI is InChI=1S/C6H14O3.CH2O3/c1-2-3-9-5-6(8)4-7;2-1(3)4/h6-8H,2-5H2,1H3;(H2,2,3,4). The highest BCUT2D eigenvalue weighted by molar-refractivity contribution is 5.53. The van der Waals surface area contributed by atoms with E-state index in [0.29, 0.717) is 6.61 Å². The summed E-state index contributed by atoms with van der Waals surface area (Å²) < 4.78 is 4.93. The van der Waals surface area contributed by atoms with Crippen LogP contribution < -0.4 is 0 Å². The van der Waals surface area contributed by atoms with E-state index in [-0.39, 0.29) is 13.2 Å². The number of rotatable bonds is 5. The minimum absolute atomic E-state index is 0.219. The van der Waals surface area contributed by atoms with Crippen molar-refractivity contribution in [1.29, 1.82) is 0 Å². The van der Waals surface area contributed by atoms with Crippen LogP contribution in [0.1, 0.15) is 13.3 Å². The summed E-state index contributed by atoms with van der Waals surface area (Å²) in [5.74, 6) is 0. The van der Waals surface area contributed by atoms with Gasteiger partial charge in [-0.3, -0.25) is 0 Å². The molecule has 13 heavy (non-hydrogen) atoms. The molecule has 0 aliphatic rings. The van der Waals surface area contributed by atoms with Crippen LogP contribution in [-0.2, 0) is 4.74 Å². The van der Waals surface area contributed by atoms with Crippen LogP contribution in [0.25, 0.3) is 0 Å². The lowest BCUT2D eigenvalue weighted by atomic mass is 10.4. The Morgan fingerprint density at radius 2 is 1.92 bits per heavy atom. The van der Waals surface area contributed by atoms with Gasteiger partial charge < -0.3 is 25.2 Å². The summed E-state index contributed by atoms with van der Waals surface area (Å²) in [5, 5.41) is 31.0. The van der Waals surface area contributed by atoms with Crippen molar-refractivity contribution < 1.29 is 30.0 Å². The first-order chi connectivity index (χ1) is 6.04. The highest BCUT2D eigenvalue weighted by atomic mass is 16.6. The van der Waals surface area contributed by atoms with Crippen LogP contribution in [0.4, 0.5) is 4.79 Å². The summed E-state index contributed by atoms with van der Waals surface area (Å²) in [4.78, 5) is 8.56. The van der Waals surface area contributed by atoms with E-state index in [2.05, 4.69) is 0 Å². The van der Waals surface area contributed by atoms with Crippen LogP contribution in [0, 0.1) is 0 Å². The number of aliphatic hydroxyl groups excluding tert-OH is 2. The van der Waals surface area contributed by atoms with Crippen molar-refractivity contribution in [1.82, 2.24) is 0 Å². The molecule has 80 valence electrons. The second-order valence-electron chi connectivity index (χ2n) is 2.19. The molecular weight excluding hydrogens is 180 g/mol. The summed E-state index contributed by atoms with van der Waals surface area (Å²) in [7, 11) is 0. The van der Waals surface area contributed by atoms with Gasteiger partial charge in [0.2, 0.25) is 0 Å². The Bertz CT molecular complexity index is 112. The van der Waals surface area contributed by atoms with Crippen LogP contribution in [-0.4, -0.2) is 52.5 Å². The lowest BCUT2D eigenvalue weighted by Crippen LogP contribution is -2.19. The van der Waals surface area contributed by atoms with Gasteiger partial charge in [-0.15, -0.1) is 0 Å². The molecule has 0 rings (SSSR count). The molecule has 0 aromatic rings. The van der Waals surface area contributed by atoms with Crippen molar-refractivity contribution in [3.05, 3.63) is 0 Å². The number of carbonyl (C=O) groups is 1. The van der Waals surface area contributed by atoms with Crippen molar-refractivity contribution in [3.8, 4) is 0 Å². The summed E-state index contributed by atoms with van der Waals surface area (Å²) >= 11 is 0. The second-order valence-corrected chi connectivity index (χ2v) is 2.19. The van der Waals surface area contributed by atoms with Crippen molar-refractivity contribution in [2.45, 2.75) is 19.4 Å². The maximum Gasteiger partial charge on any atom is 0.503 e. The highest BCUT2D eigenvalue weighted by Gasteiger charge is 1.98. The fraction of sp³-hybridized carbons (Fsp3) is 0.857. The van der Waals surface area contributed by atoms with Crippen LogP contribution in [0.15, 0.2) is 0 Å². The van der Waals surface area contributed by atoms with Crippen LogP contribution in [0.3, 0.4) is 0 Å². The van der Waals surface area contributed by atoms with Gasteiger partial charge in [0.25, 0.3) is 0 Å². The molecule has 4 N–H and O–H groups in total. The fourth-order valence-electron chi connectivity index (χ4n) is 0.416. The van der Waals surface area contributed by atoms with Crippen molar-refractivity contribution in [2.75, 3.05) is 19.8 Å². The third kappa shape index (κ3) is 24.7. The predicted octanol–water partition coefficient (Wildman–Crippen LogP) is -0.0114. The monoisotopic (exact) mass is 196 g/mol. The molecule has 0 amide bonds. The molecule has 0 bridgehead atoms. The van der Waals surface area contributed by atoms with Gasteiger partial charge in [-0.2, -0.15) is 0 Å².